The maximum atomic E-state index is 12.4. The van der Waals surface area contributed by atoms with Gasteiger partial charge in [-0.05, 0) is 56.0 Å². The molecule has 3 rings (SSSR count). The second-order valence-electron chi connectivity index (χ2n) is 6.54. The number of rotatable bonds is 6. The van der Waals surface area contributed by atoms with Crippen LogP contribution in [0.15, 0.2) is 18.2 Å². The predicted octanol–water partition coefficient (Wildman–Crippen LogP) is 2.27. The summed E-state index contributed by atoms with van der Waals surface area (Å²) < 4.78 is 0. The fourth-order valence-corrected chi connectivity index (χ4v) is 2.76. The Labute approximate surface area is 141 Å². The third-order valence-electron chi connectivity index (χ3n) is 4.67. The summed E-state index contributed by atoms with van der Waals surface area (Å²) in [7, 11) is 0. The summed E-state index contributed by atoms with van der Waals surface area (Å²) in [6.07, 6.45) is 2.35. The predicted molar refractivity (Wildman–Crippen MR) is 90.7 cm³/mol. The van der Waals surface area contributed by atoms with Crippen molar-refractivity contribution >= 4 is 29.1 Å². The van der Waals surface area contributed by atoms with Crippen molar-refractivity contribution in [3.8, 4) is 0 Å². The van der Waals surface area contributed by atoms with Crippen LogP contribution in [-0.2, 0) is 4.79 Å². The van der Waals surface area contributed by atoms with Crippen LogP contribution in [0.2, 0.25) is 5.02 Å². The van der Waals surface area contributed by atoms with Crippen molar-refractivity contribution in [1.29, 1.82) is 0 Å². The largest absolute Gasteiger partial charge is 0.352 e. The highest BCUT2D eigenvalue weighted by molar-refractivity contribution is 6.31. The van der Waals surface area contributed by atoms with Crippen LogP contribution in [0.25, 0.3) is 0 Å². The highest BCUT2D eigenvalue weighted by atomic mass is 35.5. The number of hydrogen-bond donors (Lipinski definition) is 3. The van der Waals surface area contributed by atoms with Gasteiger partial charge in [0, 0.05) is 17.5 Å². The van der Waals surface area contributed by atoms with E-state index in [2.05, 4.69) is 16.0 Å². The van der Waals surface area contributed by atoms with Gasteiger partial charge >= 0.3 is 0 Å². The van der Waals surface area contributed by atoms with E-state index in [0.29, 0.717) is 34.7 Å². The molecule has 1 aliphatic heterocycles. The van der Waals surface area contributed by atoms with Crippen molar-refractivity contribution in [1.82, 2.24) is 10.6 Å². The number of hydrogen-bond acceptors (Lipinski definition) is 3. The van der Waals surface area contributed by atoms with Crippen LogP contribution < -0.4 is 16.0 Å². The van der Waals surface area contributed by atoms with Crippen LogP contribution in [-0.4, -0.2) is 31.4 Å². The Bertz CT molecular complexity index is 612. The third kappa shape index (κ3) is 4.03. The van der Waals surface area contributed by atoms with Crippen LogP contribution >= 0.6 is 11.6 Å². The molecule has 1 saturated heterocycles. The first-order chi connectivity index (χ1) is 11.0. The highest BCUT2D eigenvalue weighted by Crippen LogP contribution is 2.28. The number of carbonyl (C=O) groups excluding carboxylic acids is 2. The third-order valence-corrected chi connectivity index (χ3v) is 4.90. The smallest absolute Gasteiger partial charge is 0.253 e. The first kappa shape index (κ1) is 16.3. The number of amides is 2. The first-order valence-corrected chi connectivity index (χ1v) is 8.51. The lowest BCUT2D eigenvalue weighted by Gasteiger charge is -2.31. The summed E-state index contributed by atoms with van der Waals surface area (Å²) in [5, 5.41) is 9.45. The molecule has 0 bridgehead atoms. The van der Waals surface area contributed by atoms with Crippen molar-refractivity contribution < 1.29 is 9.59 Å². The van der Waals surface area contributed by atoms with Gasteiger partial charge in [0.05, 0.1) is 11.3 Å². The first-order valence-electron chi connectivity index (χ1n) is 8.14. The molecule has 1 aromatic rings. The zero-order chi connectivity index (χ0) is 16.4. The van der Waals surface area contributed by atoms with E-state index in [9.17, 15) is 9.59 Å². The van der Waals surface area contributed by atoms with E-state index in [0.717, 1.165) is 13.1 Å². The highest BCUT2D eigenvalue weighted by Gasteiger charge is 2.29. The van der Waals surface area contributed by atoms with Gasteiger partial charge in [-0.15, -0.1) is 0 Å². The Hall–Kier alpha value is -1.59. The molecule has 2 amide bonds. The summed E-state index contributed by atoms with van der Waals surface area (Å²) in [6, 6.07) is 4.98. The summed E-state index contributed by atoms with van der Waals surface area (Å²) in [5.74, 6) is 0.619. The molecule has 0 aromatic heterocycles. The zero-order valence-electron chi connectivity index (χ0n) is 13.2. The van der Waals surface area contributed by atoms with Crippen molar-refractivity contribution in [2.24, 2.45) is 17.8 Å². The molecule has 1 aliphatic carbocycles. The number of anilines is 1. The van der Waals surface area contributed by atoms with Gasteiger partial charge in [0.2, 0.25) is 5.91 Å². The van der Waals surface area contributed by atoms with Crippen LogP contribution in [0.4, 0.5) is 5.69 Å². The van der Waals surface area contributed by atoms with E-state index in [1.165, 1.54) is 12.8 Å². The lowest BCUT2D eigenvalue weighted by Crippen LogP contribution is -2.48. The standard InChI is InChI=1S/C17H22ClN3O2/c1-10(12-8-19-9-12)16(22)21-15-5-4-13(18)6-14(15)17(23)20-7-11-2-3-11/h4-6,10-12,19H,2-3,7-9H2,1H3,(H,20,23)(H,21,22). The van der Waals surface area contributed by atoms with Crippen LogP contribution in [0.5, 0.6) is 0 Å². The maximum Gasteiger partial charge on any atom is 0.253 e. The normalized spacial score (nSPS) is 18.9. The molecule has 0 radical (unpaired) electrons. The monoisotopic (exact) mass is 335 g/mol. The van der Waals surface area contributed by atoms with E-state index >= 15 is 0 Å². The van der Waals surface area contributed by atoms with Gasteiger partial charge in [-0.25, -0.2) is 0 Å². The van der Waals surface area contributed by atoms with E-state index in [1.54, 1.807) is 18.2 Å². The second kappa shape index (κ2) is 6.89. The fraction of sp³-hybridized carbons (Fsp3) is 0.529. The Morgan fingerprint density at radius 3 is 2.70 bits per heavy atom. The van der Waals surface area contributed by atoms with E-state index in [4.69, 9.17) is 11.6 Å². The molecule has 1 unspecified atom stereocenters. The molecule has 2 aliphatic rings. The van der Waals surface area contributed by atoms with Gasteiger partial charge in [-0.3, -0.25) is 9.59 Å². The molecule has 6 heteroatoms. The molecule has 5 nitrogen and oxygen atoms in total. The van der Waals surface area contributed by atoms with Crippen molar-refractivity contribution in [2.45, 2.75) is 19.8 Å². The van der Waals surface area contributed by atoms with Crippen molar-refractivity contribution in [2.75, 3.05) is 25.0 Å². The molecule has 3 N–H and O–H groups in total. The fourth-order valence-electron chi connectivity index (χ4n) is 2.59. The maximum absolute atomic E-state index is 12.4. The second-order valence-corrected chi connectivity index (χ2v) is 6.98. The number of nitrogens with one attached hydrogen (secondary N) is 3. The summed E-state index contributed by atoms with van der Waals surface area (Å²) >= 11 is 6.02. The van der Waals surface area contributed by atoms with Gasteiger partial charge < -0.3 is 16.0 Å². The van der Waals surface area contributed by atoms with Crippen molar-refractivity contribution in [3.05, 3.63) is 28.8 Å². The molecule has 1 heterocycles. The Kier molecular flexibility index (Phi) is 4.87. The Morgan fingerprint density at radius 2 is 2.09 bits per heavy atom. The number of carbonyl (C=O) groups is 2. The lowest BCUT2D eigenvalue weighted by molar-refractivity contribution is -0.121. The Morgan fingerprint density at radius 1 is 1.35 bits per heavy atom. The molecule has 124 valence electrons. The average Bonchev–Trinajstić information content (AvgIpc) is 3.28. The summed E-state index contributed by atoms with van der Waals surface area (Å²) in [5.41, 5.74) is 0.942. The minimum absolute atomic E-state index is 0.0601. The SMILES string of the molecule is CC(C(=O)Nc1ccc(Cl)cc1C(=O)NCC1CC1)C1CNC1. The van der Waals surface area contributed by atoms with E-state index in [1.807, 2.05) is 6.92 Å². The molecule has 0 spiro atoms. The summed E-state index contributed by atoms with van der Waals surface area (Å²) in [4.78, 5) is 24.8. The van der Waals surface area contributed by atoms with Gasteiger partial charge in [0.25, 0.3) is 5.91 Å². The molecule has 1 atom stereocenters. The van der Waals surface area contributed by atoms with E-state index < -0.39 is 0 Å². The van der Waals surface area contributed by atoms with Crippen LogP contribution in [0.3, 0.4) is 0 Å². The van der Waals surface area contributed by atoms with E-state index in [-0.39, 0.29) is 17.7 Å². The Balaban J connectivity index is 1.69. The number of halogens is 1. The van der Waals surface area contributed by atoms with Crippen molar-refractivity contribution in [3.63, 3.8) is 0 Å². The molecule has 1 aromatic carbocycles. The molecular weight excluding hydrogens is 314 g/mol. The minimum atomic E-state index is -0.187. The summed E-state index contributed by atoms with van der Waals surface area (Å²) in [6.45, 7) is 4.33. The topological polar surface area (TPSA) is 70.2 Å². The molecule has 2 fully saturated rings. The van der Waals surface area contributed by atoms with Gasteiger partial charge in [-0.1, -0.05) is 18.5 Å². The van der Waals surface area contributed by atoms with Crippen LogP contribution in [0, 0.1) is 17.8 Å². The molecular formula is C17H22ClN3O2. The molecule has 23 heavy (non-hydrogen) atoms. The zero-order valence-corrected chi connectivity index (χ0v) is 14.0. The quantitative estimate of drug-likeness (QED) is 0.747. The van der Waals surface area contributed by atoms with Gasteiger partial charge in [0.15, 0.2) is 0 Å². The average molecular weight is 336 g/mol. The van der Waals surface area contributed by atoms with Crippen LogP contribution in [0.1, 0.15) is 30.1 Å². The van der Waals surface area contributed by atoms with Gasteiger partial charge in [0.1, 0.15) is 0 Å². The molecule has 1 saturated carbocycles. The number of benzene rings is 1. The van der Waals surface area contributed by atoms with Gasteiger partial charge in [-0.2, -0.15) is 0 Å². The lowest BCUT2D eigenvalue weighted by atomic mass is 9.88. The minimum Gasteiger partial charge on any atom is -0.352 e.